The first-order chi connectivity index (χ1) is 8.27. The summed E-state index contributed by atoms with van der Waals surface area (Å²) in [6.45, 7) is 2.85. The molecule has 0 aliphatic rings. The number of hydrogen-bond donors (Lipinski definition) is 1. The lowest BCUT2D eigenvalue weighted by Gasteiger charge is -2.18. The first-order valence-corrected chi connectivity index (χ1v) is 6.28. The van der Waals surface area contributed by atoms with Gasteiger partial charge in [0.05, 0.1) is 7.11 Å². The van der Waals surface area contributed by atoms with Crippen LogP contribution in [-0.4, -0.2) is 32.1 Å². The minimum absolute atomic E-state index is 0.802. The minimum Gasteiger partial charge on any atom is -0.496 e. The first kappa shape index (κ1) is 14.0. The Balaban J connectivity index is 2.36. The fraction of sp³-hybridized carbons (Fsp3) is 0.571. The average molecular weight is 236 g/mol. The van der Waals surface area contributed by atoms with Gasteiger partial charge in [-0.3, -0.25) is 0 Å². The second-order valence-corrected chi connectivity index (χ2v) is 4.40. The third-order valence-corrected chi connectivity index (χ3v) is 2.88. The Labute approximate surface area is 105 Å². The number of unbranched alkanes of at least 4 members (excludes halogenated alkanes) is 2. The predicted octanol–water partition coefficient (Wildman–Crippen LogP) is 2.26. The maximum Gasteiger partial charge on any atom is 0.123 e. The molecule has 0 radical (unpaired) electrons. The van der Waals surface area contributed by atoms with Crippen LogP contribution >= 0.6 is 0 Å². The SMILES string of the molecule is COc1ccccc1CN(C)CCCCCN. The molecule has 17 heavy (non-hydrogen) atoms. The molecule has 1 rings (SSSR count). The quantitative estimate of drug-likeness (QED) is 0.704. The predicted molar refractivity (Wildman–Crippen MR) is 72.2 cm³/mol. The lowest BCUT2D eigenvalue weighted by atomic mass is 10.2. The summed E-state index contributed by atoms with van der Waals surface area (Å²) in [7, 11) is 3.87. The van der Waals surface area contributed by atoms with Crippen molar-refractivity contribution < 1.29 is 4.74 Å². The Bertz CT molecular complexity index is 315. The molecule has 0 bridgehead atoms. The minimum atomic E-state index is 0.802. The molecule has 0 unspecified atom stereocenters. The number of rotatable bonds is 8. The average Bonchev–Trinajstić information content (AvgIpc) is 2.35. The van der Waals surface area contributed by atoms with E-state index in [2.05, 4.69) is 24.1 Å². The second-order valence-electron chi connectivity index (χ2n) is 4.40. The highest BCUT2D eigenvalue weighted by molar-refractivity contribution is 5.32. The van der Waals surface area contributed by atoms with Gasteiger partial charge in [0.2, 0.25) is 0 Å². The number of methoxy groups -OCH3 is 1. The highest BCUT2D eigenvalue weighted by Gasteiger charge is 2.04. The van der Waals surface area contributed by atoms with Crippen molar-refractivity contribution in [3.05, 3.63) is 29.8 Å². The van der Waals surface area contributed by atoms with Crippen LogP contribution in [0.2, 0.25) is 0 Å². The normalized spacial score (nSPS) is 10.8. The number of para-hydroxylation sites is 1. The molecule has 96 valence electrons. The molecule has 3 heteroatoms. The summed E-state index contributed by atoms with van der Waals surface area (Å²) in [4.78, 5) is 2.33. The third kappa shape index (κ3) is 5.20. The van der Waals surface area contributed by atoms with Crippen LogP contribution in [0.3, 0.4) is 0 Å². The van der Waals surface area contributed by atoms with Gasteiger partial charge in [-0.05, 0) is 39.0 Å². The van der Waals surface area contributed by atoms with Gasteiger partial charge in [-0.1, -0.05) is 24.6 Å². The molecular formula is C14H24N2O. The Morgan fingerprint density at radius 1 is 1.18 bits per heavy atom. The molecule has 0 saturated heterocycles. The van der Waals surface area contributed by atoms with Crippen LogP contribution in [0, 0.1) is 0 Å². The summed E-state index contributed by atoms with van der Waals surface area (Å²) in [5.74, 6) is 0.973. The van der Waals surface area contributed by atoms with Gasteiger partial charge >= 0.3 is 0 Å². The maximum atomic E-state index is 5.48. The Hall–Kier alpha value is -1.06. The smallest absolute Gasteiger partial charge is 0.123 e. The van der Waals surface area contributed by atoms with Crippen molar-refractivity contribution in [1.29, 1.82) is 0 Å². The number of benzene rings is 1. The van der Waals surface area contributed by atoms with E-state index < -0.39 is 0 Å². The summed E-state index contributed by atoms with van der Waals surface area (Å²) in [5, 5.41) is 0. The standard InChI is InChI=1S/C14H24N2O/c1-16(11-7-3-6-10-15)12-13-8-4-5-9-14(13)17-2/h4-5,8-9H,3,6-7,10-12,15H2,1-2H3. The van der Waals surface area contributed by atoms with E-state index in [4.69, 9.17) is 10.5 Å². The monoisotopic (exact) mass is 236 g/mol. The number of nitrogens with two attached hydrogens (primary N) is 1. The molecular weight excluding hydrogens is 212 g/mol. The number of ether oxygens (including phenoxy) is 1. The molecule has 0 aromatic heterocycles. The zero-order chi connectivity index (χ0) is 12.5. The Morgan fingerprint density at radius 3 is 2.65 bits per heavy atom. The van der Waals surface area contributed by atoms with Gasteiger partial charge in [0.25, 0.3) is 0 Å². The molecule has 0 spiro atoms. The molecule has 0 saturated carbocycles. The molecule has 1 aromatic rings. The molecule has 0 amide bonds. The van der Waals surface area contributed by atoms with E-state index in [0.29, 0.717) is 0 Å². The topological polar surface area (TPSA) is 38.5 Å². The van der Waals surface area contributed by atoms with Crippen LogP contribution < -0.4 is 10.5 Å². The van der Waals surface area contributed by atoms with Crippen LogP contribution in [0.15, 0.2) is 24.3 Å². The van der Waals surface area contributed by atoms with E-state index >= 15 is 0 Å². The lowest BCUT2D eigenvalue weighted by Crippen LogP contribution is -2.19. The Morgan fingerprint density at radius 2 is 1.94 bits per heavy atom. The fourth-order valence-corrected chi connectivity index (χ4v) is 1.91. The number of hydrogen-bond acceptors (Lipinski definition) is 3. The molecule has 0 heterocycles. The van der Waals surface area contributed by atoms with Crippen molar-refractivity contribution in [3.63, 3.8) is 0 Å². The molecule has 0 aliphatic carbocycles. The van der Waals surface area contributed by atoms with Gasteiger partial charge in [-0.2, -0.15) is 0 Å². The fourth-order valence-electron chi connectivity index (χ4n) is 1.91. The molecule has 0 fully saturated rings. The van der Waals surface area contributed by atoms with E-state index in [0.717, 1.165) is 31.8 Å². The van der Waals surface area contributed by atoms with Crippen molar-refractivity contribution in [3.8, 4) is 5.75 Å². The first-order valence-electron chi connectivity index (χ1n) is 6.28. The van der Waals surface area contributed by atoms with Crippen LogP contribution in [0.25, 0.3) is 0 Å². The van der Waals surface area contributed by atoms with Crippen LogP contribution in [0.1, 0.15) is 24.8 Å². The van der Waals surface area contributed by atoms with Gasteiger partial charge in [-0.15, -0.1) is 0 Å². The molecule has 3 nitrogen and oxygen atoms in total. The van der Waals surface area contributed by atoms with E-state index in [1.165, 1.54) is 18.4 Å². The second kappa shape index (κ2) is 8.09. The zero-order valence-electron chi connectivity index (χ0n) is 11.0. The largest absolute Gasteiger partial charge is 0.496 e. The summed E-state index contributed by atoms with van der Waals surface area (Å²) < 4.78 is 5.35. The van der Waals surface area contributed by atoms with Crippen LogP contribution in [-0.2, 0) is 6.54 Å². The van der Waals surface area contributed by atoms with E-state index in [1.807, 2.05) is 12.1 Å². The number of nitrogens with zero attached hydrogens (tertiary/aromatic N) is 1. The summed E-state index contributed by atoms with van der Waals surface area (Å²) >= 11 is 0. The molecule has 0 aliphatic heterocycles. The Kier molecular flexibility index (Phi) is 6.67. The molecule has 0 atom stereocenters. The van der Waals surface area contributed by atoms with Gasteiger partial charge in [0.1, 0.15) is 5.75 Å². The van der Waals surface area contributed by atoms with Gasteiger partial charge in [-0.25, -0.2) is 0 Å². The highest BCUT2D eigenvalue weighted by Crippen LogP contribution is 2.18. The van der Waals surface area contributed by atoms with Gasteiger partial charge in [0.15, 0.2) is 0 Å². The summed E-state index contributed by atoms with van der Waals surface area (Å²) in [6, 6.07) is 8.19. The van der Waals surface area contributed by atoms with Gasteiger partial charge in [0, 0.05) is 12.1 Å². The third-order valence-electron chi connectivity index (χ3n) is 2.88. The molecule has 2 N–H and O–H groups in total. The van der Waals surface area contributed by atoms with Crippen LogP contribution in [0.5, 0.6) is 5.75 Å². The van der Waals surface area contributed by atoms with Gasteiger partial charge < -0.3 is 15.4 Å². The van der Waals surface area contributed by atoms with E-state index in [-0.39, 0.29) is 0 Å². The van der Waals surface area contributed by atoms with E-state index in [1.54, 1.807) is 7.11 Å². The van der Waals surface area contributed by atoms with Crippen molar-refractivity contribution in [1.82, 2.24) is 4.90 Å². The summed E-state index contributed by atoms with van der Waals surface area (Å²) in [6.07, 6.45) is 3.55. The van der Waals surface area contributed by atoms with Crippen molar-refractivity contribution in [2.45, 2.75) is 25.8 Å². The lowest BCUT2D eigenvalue weighted by molar-refractivity contribution is 0.309. The van der Waals surface area contributed by atoms with Crippen molar-refractivity contribution >= 4 is 0 Å². The van der Waals surface area contributed by atoms with Crippen LogP contribution in [0.4, 0.5) is 0 Å². The maximum absolute atomic E-state index is 5.48. The molecule has 1 aromatic carbocycles. The van der Waals surface area contributed by atoms with E-state index in [9.17, 15) is 0 Å². The summed E-state index contributed by atoms with van der Waals surface area (Å²) in [5.41, 5.74) is 6.72. The zero-order valence-corrected chi connectivity index (χ0v) is 11.0. The van der Waals surface area contributed by atoms with Crippen molar-refractivity contribution in [2.24, 2.45) is 5.73 Å². The highest BCUT2D eigenvalue weighted by atomic mass is 16.5. The van der Waals surface area contributed by atoms with Crippen molar-refractivity contribution in [2.75, 3.05) is 27.2 Å².